The number of rotatable bonds is 7. The van der Waals surface area contributed by atoms with Crippen LogP contribution in [0.25, 0.3) is 22.1 Å². The molecule has 0 unspecified atom stereocenters. The van der Waals surface area contributed by atoms with Gasteiger partial charge in [-0.25, -0.2) is 9.97 Å². The number of carbonyl (C=O) groups excluding carboxylic acids is 2. The molecule has 0 spiro atoms. The first-order chi connectivity index (χ1) is 27.9. The Labute approximate surface area is 365 Å². The van der Waals surface area contributed by atoms with Crippen molar-refractivity contribution in [3.05, 3.63) is 89.0 Å². The van der Waals surface area contributed by atoms with Gasteiger partial charge in [-0.2, -0.15) is 0 Å². The third-order valence-electron chi connectivity index (χ3n) is 14.4. The third kappa shape index (κ3) is 6.38. The fourth-order valence-electron chi connectivity index (χ4n) is 10.3. The quantitative estimate of drug-likeness (QED) is 0.159. The molecule has 13 heteroatoms. The van der Waals surface area contributed by atoms with Crippen LogP contribution in [0.1, 0.15) is 138 Å². The highest BCUT2D eigenvalue weighted by Crippen LogP contribution is 2.66. The van der Waals surface area contributed by atoms with E-state index in [0.29, 0.717) is 25.9 Å². The van der Waals surface area contributed by atoms with Gasteiger partial charge < -0.3 is 24.7 Å². The number of aromatic nitrogens is 4. The second-order valence-corrected chi connectivity index (χ2v) is 22.3. The molecule has 3 aromatic carbocycles. The smallest absolute Gasteiger partial charge is 0.232 e. The number of amides is 2. The molecule has 2 amide bonds. The zero-order chi connectivity index (χ0) is 41.4. The standard InChI is InChI=1S/C46H51Cl4N7O2/c1-42(2,3)28-12-14-29(15-13-28)57-34(26-10-16-30-32(22-26)53-38(51-30)36-8-6-20-55(36)40(58)43(4)24-45(43,47)48)18-19-35(57)27-11-17-31-33(23-27)54-39(52-31)37-9-7-21-56(37)41(59)44(5)25-46(44,49)50/h10-17,22-23,34-37H,6-9,18-21,24-25H2,1-5H3,(H,51,53)(H,52,54)/t34-,35-,36+,37+,43-,44-/m1/s1. The molecule has 5 aliphatic rings. The maximum Gasteiger partial charge on any atom is 0.232 e. The van der Waals surface area contributed by atoms with E-state index in [-0.39, 0.29) is 41.4 Å². The number of imidazole rings is 2. The fourth-order valence-corrected chi connectivity index (χ4v) is 11.7. The van der Waals surface area contributed by atoms with Gasteiger partial charge in [-0.3, -0.25) is 9.59 Å². The van der Waals surface area contributed by atoms with Crippen LogP contribution in [0.4, 0.5) is 5.69 Å². The molecule has 59 heavy (non-hydrogen) atoms. The number of carbonyl (C=O) groups is 2. The molecule has 9 nitrogen and oxygen atoms in total. The van der Waals surface area contributed by atoms with Gasteiger partial charge in [0.25, 0.3) is 0 Å². The predicted molar refractivity (Wildman–Crippen MR) is 236 cm³/mol. The maximum absolute atomic E-state index is 13.7. The highest BCUT2D eigenvalue weighted by Gasteiger charge is 2.70. The minimum absolute atomic E-state index is 0.00843. The number of alkyl halides is 4. The van der Waals surface area contributed by atoms with Crippen molar-refractivity contribution in [2.24, 2.45) is 10.8 Å². The summed E-state index contributed by atoms with van der Waals surface area (Å²) in [6, 6.07) is 22.2. The summed E-state index contributed by atoms with van der Waals surface area (Å²) in [5.74, 6) is 1.64. The molecule has 2 aliphatic carbocycles. The number of hydrogen-bond donors (Lipinski definition) is 2. The molecule has 0 radical (unpaired) electrons. The van der Waals surface area contributed by atoms with Crippen LogP contribution < -0.4 is 4.90 Å². The van der Waals surface area contributed by atoms with Crippen molar-refractivity contribution in [3.63, 3.8) is 0 Å². The molecule has 2 aromatic heterocycles. The summed E-state index contributed by atoms with van der Waals surface area (Å²) >= 11 is 25.8. The summed E-state index contributed by atoms with van der Waals surface area (Å²) in [6.07, 6.45) is 6.37. The molecule has 5 fully saturated rings. The molecule has 5 aromatic rings. The van der Waals surface area contributed by atoms with E-state index in [1.807, 2.05) is 23.6 Å². The number of nitrogens with zero attached hydrogens (tertiary/aromatic N) is 5. The molecule has 0 bridgehead atoms. The van der Waals surface area contributed by atoms with E-state index in [1.165, 1.54) is 22.4 Å². The number of nitrogens with one attached hydrogen (secondary N) is 2. The number of aromatic amines is 2. The van der Waals surface area contributed by atoms with Crippen molar-refractivity contribution < 1.29 is 9.59 Å². The minimum atomic E-state index is -1.01. The molecule has 2 saturated carbocycles. The van der Waals surface area contributed by atoms with Gasteiger partial charge in [0.15, 0.2) is 0 Å². The average Bonchev–Trinajstić information content (AvgIpc) is 3.82. The first kappa shape index (κ1) is 39.6. The molecular formula is C46H51Cl4N7O2. The van der Waals surface area contributed by atoms with E-state index in [0.717, 1.165) is 72.2 Å². The molecule has 2 N–H and O–H groups in total. The predicted octanol–water partition coefficient (Wildman–Crippen LogP) is 11.3. The number of likely N-dealkylation sites (tertiary alicyclic amines) is 2. The topological polar surface area (TPSA) is 101 Å². The normalized spacial score (nSPS) is 29.9. The average molecular weight is 876 g/mol. The van der Waals surface area contributed by atoms with Crippen LogP contribution in [0.3, 0.4) is 0 Å². The van der Waals surface area contributed by atoms with Crippen molar-refractivity contribution in [1.82, 2.24) is 29.7 Å². The molecule has 3 aliphatic heterocycles. The Morgan fingerprint density at radius 1 is 0.644 bits per heavy atom. The number of hydrogen-bond acceptors (Lipinski definition) is 5. The van der Waals surface area contributed by atoms with Gasteiger partial charge in [0.1, 0.15) is 20.3 Å². The van der Waals surface area contributed by atoms with Crippen molar-refractivity contribution in [2.45, 2.75) is 124 Å². The van der Waals surface area contributed by atoms with Crippen LogP contribution in [-0.2, 0) is 15.0 Å². The summed E-state index contributed by atoms with van der Waals surface area (Å²) in [7, 11) is 0. The van der Waals surface area contributed by atoms with Gasteiger partial charge in [0.2, 0.25) is 11.8 Å². The van der Waals surface area contributed by atoms with Crippen LogP contribution in [0, 0.1) is 10.8 Å². The van der Waals surface area contributed by atoms with Crippen molar-refractivity contribution >= 4 is 86.0 Å². The maximum atomic E-state index is 13.7. The van der Waals surface area contributed by atoms with E-state index in [9.17, 15) is 9.59 Å². The fraction of sp³-hybridized carbons (Fsp3) is 0.522. The largest absolute Gasteiger partial charge is 0.357 e. The van der Waals surface area contributed by atoms with E-state index < -0.39 is 19.5 Å². The van der Waals surface area contributed by atoms with Crippen LogP contribution >= 0.6 is 46.4 Å². The lowest BCUT2D eigenvalue weighted by Gasteiger charge is -2.34. The van der Waals surface area contributed by atoms with Gasteiger partial charge in [-0.1, -0.05) is 45.0 Å². The van der Waals surface area contributed by atoms with E-state index >= 15 is 0 Å². The lowest BCUT2D eigenvalue weighted by molar-refractivity contribution is -0.138. The SMILES string of the molecule is CC(C)(C)c1ccc(N2[C@@H](c3ccc4nc([C@@H]5CCCN5C(=O)[C@@]5(C)CC5(Cl)Cl)[nH]c4c3)CC[C@@H]2c2ccc3nc([C@@H]4CCCN4C(=O)[C@@]4(C)CC4(Cl)Cl)[nH]c3c2)cc1. The monoisotopic (exact) mass is 873 g/mol. The Morgan fingerprint density at radius 2 is 1.07 bits per heavy atom. The highest BCUT2D eigenvalue weighted by molar-refractivity contribution is 6.53. The number of benzene rings is 3. The Kier molecular flexibility index (Phi) is 9.07. The second kappa shape index (κ2) is 13.5. The van der Waals surface area contributed by atoms with Crippen LogP contribution in [0.15, 0.2) is 60.7 Å². The molecule has 5 heterocycles. The Bertz CT molecular complexity index is 2360. The summed E-state index contributed by atoms with van der Waals surface area (Å²) < 4.78 is -2.02. The molecular weight excluding hydrogens is 824 g/mol. The van der Waals surface area contributed by atoms with Crippen molar-refractivity contribution in [3.8, 4) is 0 Å². The third-order valence-corrected chi connectivity index (χ3v) is 16.6. The Balaban J connectivity index is 0.958. The Morgan fingerprint density at radius 3 is 1.46 bits per heavy atom. The van der Waals surface area contributed by atoms with Crippen molar-refractivity contribution in [2.75, 3.05) is 18.0 Å². The second-order valence-electron chi connectivity index (χ2n) is 19.4. The number of fused-ring (bicyclic) bond motifs is 2. The summed E-state index contributed by atoms with van der Waals surface area (Å²) in [5.41, 5.74) is 7.13. The lowest BCUT2D eigenvalue weighted by atomic mass is 9.87. The van der Waals surface area contributed by atoms with Crippen LogP contribution in [0.2, 0.25) is 0 Å². The van der Waals surface area contributed by atoms with Crippen molar-refractivity contribution in [1.29, 1.82) is 0 Å². The zero-order valence-electron chi connectivity index (χ0n) is 34.2. The van der Waals surface area contributed by atoms with Gasteiger partial charge in [-0.05, 0) is 124 Å². The Hall–Kier alpha value is -3.50. The first-order valence-corrected chi connectivity index (χ1v) is 22.7. The molecule has 10 rings (SSSR count). The molecule has 310 valence electrons. The number of halogens is 4. The van der Waals surface area contributed by atoms with E-state index in [4.69, 9.17) is 56.4 Å². The summed E-state index contributed by atoms with van der Waals surface area (Å²) in [6.45, 7) is 11.8. The van der Waals surface area contributed by atoms with Gasteiger partial charge in [0.05, 0.1) is 57.1 Å². The number of H-pyrrole nitrogens is 2. The highest BCUT2D eigenvalue weighted by atomic mass is 35.5. The summed E-state index contributed by atoms with van der Waals surface area (Å²) in [4.78, 5) is 51.1. The van der Waals surface area contributed by atoms with Gasteiger partial charge in [-0.15, -0.1) is 46.4 Å². The number of anilines is 1. The summed E-state index contributed by atoms with van der Waals surface area (Å²) in [5, 5.41) is 0. The zero-order valence-corrected chi connectivity index (χ0v) is 37.2. The lowest BCUT2D eigenvalue weighted by Crippen LogP contribution is -2.38. The van der Waals surface area contributed by atoms with Crippen LogP contribution in [-0.4, -0.2) is 63.3 Å². The molecule has 6 atom stereocenters. The molecule has 3 saturated heterocycles. The first-order valence-electron chi connectivity index (χ1n) is 21.1. The van der Waals surface area contributed by atoms with Gasteiger partial charge in [0, 0.05) is 18.8 Å². The van der Waals surface area contributed by atoms with E-state index in [2.05, 4.69) is 96.3 Å². The minimum Gasteiger partial charge on any atom is -0.357 e. The van der Waals surface area contributed by atoms with E-state index in [1.54, 1.807) is 0 Å². The van der Waals surface area contributed by atoms with Crippen LogP contribution in [0.5, 0.6) is 0 Å². The van der Waals surface area contributed by atoms with Gasteiger partial charge >= 0.3 is 0 Å².